The van der Waals surface area contributed by atoms with Crippen molar-refractivity contribution in [2.24, 2.45) is 5.92 Å². The number of rotatable bonds is 4. The maximum atomic E-state index is 12.4. The minimum absolute atomic E-state index is 0.0379. The Morgan fingerprint density at radius 1 is 1.29 bits per heavy atom. The summed E-state index contributed by atoms with van der Waals surface area (Å²) in [6.45, 7) is 5.59. The number of halogens is 2. The number of amides is 2. The number of benzene rings is 1. The van der Waals surface area contributed by atoms with Crippen molar-refractivity contribution in [2.45, 2.75) is 20.3 Å². The van der Waals surface area contributed by atoms with Crippen LogP contribution in [0.25, 0.3) is 0 Å². The van der Waals surface area contributed by atoms with Gasteiger partial charge in [0, 0.05) is 31.7 Å². The fraction of sp³-hybridized carbons (Fsp3) is 0.467. The van der Waals surface area contributed by atoms with Gasteiger partial charge in [0.1, 0.15) is 0 Å². The largest absolute Gasteiger partial charge is 0.343 e. The van der Waals surface area contributed by atoms with Gasteiger partial charge in [-0.1, -0.05) is 23.2 Å². The second-order valence-corrected chi connectivity index (χ2v) is 5.83. The Hall–Kier alpha value is -1.26. The van der Waals surface area contributed by atoms with Crippen LogP contribution in [0.4, 0.5) is 5.69 Å². The van der Waals surface area contributed by atoms with Gasteiger partial charge in [-0.05, 0) is 32.0 Å². The zero-order valence-electron chi connectivity index (χ0n) is 12.1. The predicted octanol–water partition coefficient (Wildman–Crippen LogP) is 3.21. The van der Waals surface area contributed by atoms with Gasteiger partial charge in [-0.15, -0.1) is 0 Å². The lowest BCUT2D eigenvalue weighted by atomic mass is 10.1. The highest BCUT2D eigenvalue weighted by Gasteiger charge is 2.36. The zero-order valence-corrected chi connectivity index (χ0v) is 13.6. The normalized spacial score (nSPS) is 18.2. The number of hydrogen-bond donors (Lipinski definition) is 0. The highest BCUT2D eigenvalue weighted by Crippen LogP contribution is 2.31. The molecular weight excluding hydrogens is 311 g/mol. The topological polar surface area (TPSA) is 40.6 Å². The summed E-state index contributed by atoms with van der Waals surface area (Å²) in [5.41, 5.74) is 0.684. The summed E-state index contributed by atoms with van der Waals surface area (Å²) in [6.07, 6.45) is 0.246. The standard InChI is InChI=1S/C15H18Cl2N2O2/c1-3-18(4-2)15(21)10-7-14(20)19(9-10)11-5-6-12(16)13(17)8-11/h5-6,8,10H,3-4,7,9H2,1-2H3. The van der Waals surface area contributed by atoms with Gasteiger partial charge in [0.2, 0.25) is 11.8 Å². The maximum Gasteiger partial charge on any atom is 0.227 e. The second kappa shape index (κ2) is 6.67. The van der Waals surface area contributed by atoms with Crippen LogP contribution in [0.3, 0.4) is 0 Å². The van der Waals surface area contributed by atoms with Gasteiger partial charge < -0.3 is 9.80 Å². The van der Waals surface area contributed by atoms with Crippen LogP contribution >= 0.6 is 23.2 Å². The molecule has 1 aliphatic heterocycles. The Labute approximate surface area is 134 Å². The van der Waals surface area contributed by atoms with E-state index in [1.54, 1.807) is 28.0 Å². The molecule has 0 aromatic heterocycles. The maximum absolute atomic E-state index is 12.4. The average Bonchev–Trinajstić information content (AvgIpc) is 2.85. The molecule has 6 heteroatoms. The van der Waals surface area contributed by atoms with Crippen LogP contribution < -0.4 is 4.90 Å². The average molecular weight is 329 g/mol. The van der Waals surface area contributed by atoms with Crippen LogP contribution in [0.2, 0.25) is 10.0 Å². The lowest BCUT2D eigenvalue weighted by molar-refractivity contribution is -0.135. The SMILES string of the molecule is CCN(CC)C(=O)C1CC(=O)N(c2ccc(Cl)c(Cl)c2)C1. The number of hydrogen-bond acceptors (Lipinski definition) is 2. The third-order valence-corrected chi connectivity index (χ3v) is 4.50. The smallest absolute Gasteiger partial charge is 0.227 e. The van der Waals surface area contributed by atoms with Crippen LogP contribution in [0, 0.1) is 5.92 Å². The van der Waals surface area contributed by atoms with E-state index in [1.807, 2.05) is 13.8 Å². The van der Waals surface area contributed by atoms with Crippen LogP contribution in [-0.2, 0) is 9.59 Å². The molecule has 0 bridgehead atoms. The first-order valence-electron chi connectivity index (χ1n) is 7.02. The lowest BCUT2D eigenvalue weighted by Crippen LogP contribution is -2.37. The highest BCUT2D eigenvalue weighted by atomic mass is 35.5. The summed E-state index contributed by atoms with van der Waals surface area (Å²) in [5.74, 6) is -0.304. The molecule has 1 heterocycles. The predicted molar refractivity (Wildman–Crippen MR) is 84.9 cm³/mol. The molecular formula is C15H18Cl2N2O2. The van der Waals surface area contributed by atoms with Crippen LogP contribution in [0.5, 0.6) is 0 Å². The first-order chi connectivity index (χ1) is 9.97. The van der Waals surface area contributed by atoms with Crippen molar-refractivity contribution in [3.63, 3.8) is 0 Å². The lowest BCUT2D eigenvalue weighted by Gasteiger charge is -2.22. The first-order valence-corrected chi connectivity index (χ1v) is 7.77. The highest BCUT2D eigenvalue weighted by molar-refractivity contribution is 6.42. The molecule has 2 rings (SSSR count). The summed E-state index contributed by atoms with van der Waals surface area (Å²) in [4.78, 5) is 27.9. The Morgan fingerprint density at radius 2 is 1.95 bits per heavy atom. The van der Waals surface area contributed by atoms with Crippen molar-refractivity contribution >= 4 is 40.7 Å². The van der Waals surface area contributed by atoms with E-state index in [-0.39, 0.29) is 24.2 Å². The Morgan fingerprint density at radius 3 is 2.52 bits per heavy atom. The quantitative estimate of drug-likeness (QED) is 0.851. The molecule has 114 valence electrons. The van der Waals surface area contributed by atoms with E-state index >= 15 is 0 Å². The molecule has 1 unspecified atom stereocenters. The van der Waals surface area contributed by atoms with E-state index in [2.05, 4.69) is 0 Å². The van der Waals surface area contributed by atoms with Crippen LogP contribution in [-0.4, -0.2) is 36.3 Å². The zero-order chi connectivity index (χ0) is 15.6. The van der Waals surface area contributed by atoms with E-state index in [4.69, 9.17) is 23.2 Å². The number of anilines is 1. The third-order valence-electron chi connectivity index (χ3n) is 3.76. The molecule has 1 saturated heterocycles. The minimum Gasteiger partial charge on any atom is -0.343 e. The number of carbonyl (C=O) groups excluding carboxylic acids is 2. The fourth-order valence-corrected chi connectivity index (χ4v) is 2.86. The molecule has 0 saturated carbocycles. The number of carbonyl (C=O) groups is 2. The monoisotopic (exact) mass is 328 g/mol. The fourth-order valence-electron chi connectivity index (χ4n) is 2.57. The van der Waals surface area contributed by atoms with Crippen molar-refractivity contribution < 1.29 is 9.59 Å². The van der Waals surface area contributed by atoms with E-state index in [1.165, 1.54) is 0 Å². The number of nitrogens with zero attached hydrogens (tertiary/aromatic N) is 2. The van der Waals surface area contributed by atoms with Crippen molar-refractivity contribution in [1.29, 1.82) is 0 Å². The van der Waals surface area contributed by atoms with Gasteiger partial charge in [0.15, 0.2) is 0 Å². The van der Waals surface area contributed by atoms with Gasteiger partial charge in [0.05, 0.1) is 16.0 Å². The Balaban J connectivity index is 2.16. The van der Waals surface area contributed by atoms with E-state index in [0.29, 0.717) is 35.4 Å². The van der Waals surface area contributed by atoms with Crippen LogP contribution in [0.15, 0.2) is 18.2 Å². The third kappa shape index (κ3) is 3.33. The molecule has 1 aliphatic rings. The Kier molecular flexibility index (Phi) is 5.12. The summed E-state index contributed by atoms with van der Waals surface area (Å²) in [6, 6.07) is 5.06. The summed E-state index contributed by atoms with van der Waals surface area (Å²) in [7, 11) is 0. The molecule has 1 atom stereocenters. The molecule has 21 heavy (non-hydrogen) atoms. The second-order valence-electron chi connectivity index (χ2n) is 5.01. The molecule has 0 N–H and O–H groups in total. The Bertz CT molecular complexity index is 559. The molecule has 1 aromatic carbocycles. The molecule has 1 fully saturated rings. The van der Waals surface area contributed by atoms with Crippen LogP contribution in [0.1, 0.15) is 20.3 Å². The van der Waals surface area contributed by atoms with E-state index in [0.717, 1.165) is 0 Å². The summed E-state index contributed by atoms with van der Waals surface area (Å²) in [5, 5.41) is 0.850. The molecule has 0 radical (unpaired) electrons. The molecule has 1 aromatic rings. The minimum atomic E-state index is -0.285. The van der Waals surface area contributed by atoms with Crippen molar-refractivity contribution in [3.05, 3.63) is 28.2 Å². The summed E-state index contributed by atoms with van der Waals surface area (Å²) < 4.78 is 0. The summed E-state index contributed by atoms with van der Waals surface area (Å²) >= 11 is 11.9. The van der Waals surface area contributed by atoms with Gasteiger partial charge >= 0.3 is 0 Å². The van der Waals surface area contributed by atoms with Crippen molar-refractivity contribution in [3.8, 4) is 0 Å². The van der Waals surface area contributed by atoms with Gasteiger partial charge in [-0.2, -0.15) is 0 Å². The first kappa shape index (κ1) is 16.1. The van der Waals surface area contributed by atoms with Crippen molar-refractivity contribution in [2.75, 3.05) is 24.5 Å². The molecule has 4 nitrogen and oxygen atoms in total. The van der Waals surface area contributed by atoms with Gasteiger partial charge in [0.25, 0.3) is 0 Å². The van der Waals surface area contributed by atoms with Gasteiger partial charge in [-0.3, -0.25) is 9.59 Å². The molecule has 0 spiro atoms. The molecule has 2 amide bonds. The van der Waals surface area contributed by atoms with E-state index < -0.39 is 0 Å². The molecule has 0 aliphatic carbocycles. The van der Waals surface area contributed by atoms with E-state index in [9.17, 15) is 9.59 Å². The van der Waals surface area contributed by atoms with Crippen molar-refractivity contribution in [1.82, 2.24) is 4.90 Å². The van der Waals surface area contributed by atoms with Gasteiger partial charge in [-0.25, -0.2) is 0 Å².